The van der Waals surface area contributed by atoms with Crippen LogP contribution in [0.5, 0.6) is 0 Å². The Bertz CT molecular complexity index is 11900. The molecule has 149 heavy (non-hydrogen) atoms. The van der Waals surface area contributed by atoms with Crippen molar-refractivity contribution in [2.75, 3.05) is 0 Å². The molecule has 694 valence electrons. The summed E-state index contributed by atoms with van der Waals surface area (Å²) in [6, 6.07) is 173. The highest BCUT2D eigenvalue weighted by molar-refractivity contribution is 6.89. The molecule has 35 aromatic rings. The smallest absolute Gasteiger partial charge is 0.0992 e. The van der Waals surface area contributed by atoms with Gasteiger partial charge in [-0.3, -0.25) is 0 Å². The van der Waals surface area contributed by atoms with E-state index in [4.69, 9.17) is 0 Å². The van der Waals surface area contributed by atoms with Crippen molar-refractivity contribution in [3.05, 3.63) is 484 Å². The van der Waals surface area contributed by atoms with Crippen molar-refractivity contribution < 1.29 is 0 Å². The molecule has 0 N–H and O–H groups in total. The van der Waals surface area contributed by atoms with E-state index in [1.165, 1.54) is 305 Å². The number of aryl methyl sites for hydroxylation is 2. The van der Waals surface area contributed by atoms with Gasteiger partial charge in [-0.25, -0.2) is 0 Å². The van der Waals surface area contributed by atoms with E-state index in [1.54, 1.807) is 0 Å². The van der Waals surface area contributed by atoms with Gasteiger partial charge in [0.25, 0.3) is 0 Å². The Hall–Kier alpha value is -19.0. The molecule has 0 fully saturated rings. The van der Waals surface area contributed by atoms with E-state index in [-0.39, 0.29) is 0 Å². The Morgan fingerprint density at radius 2 is 0.443 bits per heavy atom. The van der Waals surface area contributed by atoms with Crippen LogP contribution in [0.1, 0.15) is 16.7 Å². The van der Waals surface area contributed by atoms with Crippen LogP contribution >= 0.6 is 0 Å². The van der Waals surface area contributed by atoms with Crippen molar-refractivity contribution in [3.63, 3.8) is 0 Å². The second kappa shape index (κ2) is 32.0. The number of fused-ring (bicyclic) bond motifs is 38. The molecule has 10 aromatic heterocycles. The third-order valence-corrected chi connectivity index (χ3v) is 34.7. The summed E-state index contributed by atoms with van der Waals surface area (Å²) in [5.74, 6) is 0. The topological polar surface area (TPSA) is 45.8 Å². The SMILES string of the molecule is C[Si](C)(C)c1cc2c3ccccc3n3c4cc5ccccc5cc4c(c1)c23.Cc1cc2c3ccccc3n3c4cc5ccccc5cc4c(c1)c23.Cc1ccc(-c2ccccc2)cc1-c1cc2c3ccccc3n3c4cc5ccccc5cc4c(c1)c23.N#Cc1cc2c3ccccc3n3c4cc5ccccc5cc4c(c1)c23.c1ccc2cc3c(cc2c1)c1cc(-c2ccc4c(ccc5ccccc54)c2)cc2c4ccccc4n3c21. The zero-order chi connectivity index (χ0) is 98.6. The quantitative estimate of drug-likeness (QED) is 0.128. The lowest BCUT2D eigenvalue weighted by atomic mass is 9.93. The van der Waals surface area contributed by atoms with E-state index in [0.29, 0.717) is 5.56 Å². The van der Waals surface area contributed by atoms with Crippen LogP contribution in [0.25, 0.3) is 299 Å². The number of rotatable bonds is 4. The number of hydrogen-bond donors (Lipinski definition) is 0. The highest BCUT2D eigenvalue weighted by Gasteiger charge is 2.29. The summed E-state index contributed by atoms with van der Waals surface area (Å²) in [7, 11) is -1.42. The molecular weight excluding hydrogens is 1820 g/mol. The Balaban J connectivity index is 0.0000000849. The van der Waals surface area contributed by atoms with Gasteiger partial charge in [-0.1, -0.05) is 340 Å². The minimum Gasteiger partial charge on any atom is -0.308 e. The second-order valence-corrected chi connectivity index (χ2v) is 47.3. The normalized spacial score (nSPS) is 12.3. The lowest BCUT2D eigenvalue weighted by molar-refractivity contribution is 1.37. The molecular formula is C142H92N6Si. The number of aromatic nitrogens is 5. The summed E-state index contributed by atoms with van der Waals surface area (Å²) >= 11 is 0. The number of para-hydroxylation sites is 5. The maximum absolute atomic E-state index is 9.51. The summed E-state index contributed by atoms with van der Waals surface area (Å²) in [6.45, 7) is 11.7. The molecule has 0 aliphatic heterocycles. The second-order valence-electron chi connectivity index (χ2n) is 42.2. The fraction of sp³-hybridized carbons (Fsp3) is 0.0352. The van der Waals surface area contributed by atoms with E-state index >= 15 is 0 Å². The Morgan fingerprint density at radius 1 is 0.174 bits per heavy atom. The average Bonchev–Trinajstić information content (AvgIpc) is 1.56. The third kappa shape index (κ3) is 12.7. The van der Waals surface area contributed by atoms with Gasteiger partial charge in [0.1, 0.15) is 0 Å². The fourth-order valence-corrected chi connectivity index (χ4v) is 27.0. The molecule has 0 spiro atoms. The van der Waals surface area contributed by atoms with Crippen molar-refractivity contribution in [2.24, 2.45) is 0 Å². The van der Waals surface area contributed by atoms with Gasteiger partial charge in [0.15, 0.2) is 0 Å². The van der Waals surface area contributed by atoms with Crippen LogP contribution in [0.4, 0.5) is 0 Å². The van der Waals surface area contributed by atoms with Crippen LogP contribution in [-0.2, 0) is 0 Å². The first-order valence-electron chi connectivity index (χ1n) is 51.8. The number of nitrogens with zero attached hydrogens (tertiary/aromatic N) is 6. The first-order valence-corrected chi connectivity index (χ1v) is 55.3. The van der Waals surface area contributed by atoms with Crippen LogP contribution in [0.3, 0.4) is 0 Å². The largest absolute Gasteiger partial charge is 0.308 e. The van der Waals surface area contributed by atoms with Gasteiger partial charge in [-0.2, -0.15) is 5.26 Å². The van der Waals surface area contributed by atoms with E-state index in [0.717, 1.165) is 10.8 Å². The molecule has 6 nitrogen and oxygen atoms in total. The van der Waals surface area contributed by atoms with Crippen LogP contribution < -0.4 is 5.19 Å². The molecule has 0 saturated heterocycles. The molecule has 0 amide bonds. The maximum Gasteiger partial charge on any atom is 0.0992 e. The molecule has 0 aliphatic carbocycles. The average molecular weight is 1910 g/mol. The lowest BCUT2D eigenvalue weighted by Gasteiger charge is -2.17. The highest BCUT2D eigenvalue weighted by Crippen LogP contribution is 2.51. The molecule has 0 atom stereocenters. The van der Waals surface area contributed by atoms with Crippen LogP contribution in [-0.4, -0.2) is 30.1 Å². The van der Waals surface area contributed by atoms with E-state index < -0.39 is 8.07 Å². The van der Waals surface area contributed by atoms with Gasteiger partial charge in [-0.05, 0) is 285 Å². The molecule has 25 aromatic carbocycles. The molecule has 10 heterocycles. The summed E-state index contributed by atoms with van der Waals surface area (Å²) in [4.78, 5) is 0. The Labute approximate surface area is 856 Å². The van der Waals surface area contributed by atoms with Crippen molar-refractivity contribution in [3.8, 4) is 39.4 Å². The van der Waals surface area contributed by atoms with Gasteiger partial charge in [0.05, 0.1) is 102 Å². The maximum atomic E-state index is 9.51. The molecule has 35 rings (SSSR count). The van der Waals surface area contributed by atoms with E-state index in [1.807, 2.05) is 12.1 Å². The van der Waals surface area contributed by atoms with Crippen LogP contribution in [0, 0.1) is 25.2 Å². The molecule has 0 radical (unpaired) electrons. The van der Waals surface area contributed by atoms with Crippen molar-refractivity contribution in [2.45, 2.75) is 33.5 Å². The van der Waals surface area contributed by atoms with E-state index in [9.17, 15) is 5.26 Å². The van der Waals surface area contributed by atoms with Gasteiger partial charge < -0.3 is 22.0 Å². The minimum absolute atomic E-state index is 0.714. The zero-order valence-corrected chi connectivity index (χ0v) is 83.6. The predicted molar refractivity (Wildman–Crippen MR) is 642 cm³/mol. The monoisotopic (exact) mass is 1910 g/mol. The summed E-state index contributed by atoms with van der Waals surface area (Å²) in [6.07, 6.45) is 0. The first kappa shape index (κ1) is 84.5. The van der Waals surface area contributed by atoms with E-state index in [2.05, 4.69) is 517 Å². The Kier molecular flexibility index (Phi) is 18.2. The predicted octanol–water partition coefficient (Wildman–Crippen LogP) is 38.3. The van der Waals surface area contributed by atoms with Gasteiger partial charge in [0, 0.05) is 108 Å². The Morgan fingerprint density at radius 3 is 0.819 bits per heavy atom. The minimum atomic E-state index is -1.42. The fourth-order valence-electron chi connectivity index (χ4n) is 25.8. The standard InChI is InChI=1S/C36H21N.C35H23N.C25H21NSi.C23H12N2.C23H15N/c1-2-9-24-21-35-31(18-23(24)8-1)33-20-27(19-32-30-11-5-6-12-34(30)37(35)36(32)33)25-15-16-29-26(17-25)14-13-22-7-3-4-10-28(22)29;1-22-15-16-26(23-9-3-2-4-10-23)17-29(22)27-19-31-28-13-7-8-14-33(28)36-34-21-25-12-6-5-11-24(25)18-30(34)32(20-27)35(31)36;1-27(2,3)18-14-21-19-10-6-7-11-23(19)26-24-13-17-9-5-4-8-16(17)12-20(24)22(15-18)25(21)26;24-13-14-9-19-17-7-3-4-8-21(17)25-22-12-16-6-2-1-5-15(16)11-18(22)20(10-14)23(19)25;1-14-10-19-17-8-4-5-9-21(17)24-22-13-16-7-3-2-6-15(16)12-18(22)20(11-14)23(19)24/h1-21H;2-21H,1H3;4-15H,1-3H3;1-12H;2-13H,1H3. The number of hydrogen-bond acceptors (Lipinski definition) is 1. The number of benzene rings is 25. The van der Waals surface area contributed by atoms with Crippen molar-refractivity contribution >= 4 is 279 Å². The molecule has 0 saturated carbocycles. The van der Waals surface area contributed by atoms with Gasteiger partial charge in [-0.15, -0.1) is 0 Å². The summed E-state index contributed by atoms with van der Waals surface area (Å²) < 4.78 is 12.2. The first-order chi connectivity index (χ1) is 73.3. The van der Waals surface area contributed by atoms with Crippen LogP contribution in [0.15, 0.2) is 467 Å². The van der Waals surface area contributed by atoms with Crippen molar-refractivity contribution in [1.82, 2.24) is 22.0 Å². The zero-order valence-electron chi connectivity index (χ0n) is 82.6. The third-order valence-electron chi connectivity index (χ3n) is 32.7. The lowest BCUT2D eigenvalue weighted by Crippen LogP contribution is -2.37. The van der Waals surface area contributed by atoms with Crippen LogP contribution in [0.2, 0.25) is 19.6 Å². The molecule has 0 bridgehead atoms. The molecule has 0 unspecified atom stereocenters. The summed E-state index contributed by atoms with van der Waals surface area (Å²) in [5, 5.41) is 55.3. The summed E-state index contributed by atoms with van der Waals surface area (Å²) in [5.41, 5.74) is 30.3. The van der Waals surface area contributed by atoms with Gasteiger partial charge >= 0.3 is 0 Å². The van der Waals surface area contributed by atoms with Gasteiger partial charge in [0.2, 0.25) is 0 Å². The van der Waals surface area contributed by atoms with Crippen molar-refractivity contribution in [1.29, 1.82) is 5.26 Å². The molecule has 7 heteroatoms. The highest BCUT2D eigenvalue weighted by atomic mass is 28.3. The molecule has 0 aliphatic rings. The number of nitriles is 1.